The number of halogens is 1. The van der Waals surface area contributed by atoms with Crippen LogP contribution in [0.2, 0.25) is 5.02 Å². The maximum atomic E-state index is 13.2. The molecule has 1 aliphatic rings. The van der Waals surface area contributed by atoms with Crippen LogP contribution in [0.3, 0.4) is 0 Å². The molecule has 164 valence electrons. The van der Waals surface area contributed by atoms with Crippen molar-refractivity contribution < 1.29 is 24.2 Å². The lowest BCUT2D eigenvalue weighted by Gasteiger charge is -2.37. The number of carbonyl (C=O) groups excluding carboxylic acids is 2. The first-order chi connectivity index (χ1) is 14.5. The molecule has 2 aromatic carbocycles. The normalized spacial score (nSPS) is 16.8. The number of benzene rings is 2. The molecule has 2 unspecified atom stereocenters. The zero-order chi connectivity index (χ0) is 22.8. The lowest BCUT2D eigenvalue weighted by Crippen LogP contribution is -2.54. The van der Waals surface area contributed by atoms with Gasteiger partial charge in [-0.1, -0.05) is 48.0 Å². The van der Waals surface area contributed by atoms with Crippen LogP contribution in [-0.2, 0) is 27.3 Å². The average Bonchev–Trinajstić information content (AvgIpc) is 2.70. The Hall–Kier alpha value is -3.06. The summed E-state index contributed by atoms with van der Waals surface area (Å²) in [5.41, 5.74) is 1.50. The van der Waals surface area contributed by atoms with Crippen LogP contribution in [0, 0.1) is 0 Å². The van der Waals surface area contributed by atoms with E-state index in [2.05, 4.69) is 5.32 Å². The Balaban J connectivity index is 1.88. The number of hydrogen-bond donors (Lipinski definition) is 2. The standard InChI is InChI=1S/C23H25ClN2O5/c1-23(2,3)31-22(30)26-13-16-7-5-4-6-15(16)12-18(26)20(27)25-19(21(28)29)14-8-10-17(24)11-9-14/h4-11,18-19H,12-13H2,1-3H3,(H,25,27)(H,28,29). The largest absolute Gasteiger partial charge is 0.479 e. The van der Waals surface area contributed by atoms with E-state index in [0.717, 1.165) is 11.1 Å². The number of carbonyl (C=O) groups is 3. The summed E-state index contributed by atoms with van der Waals surface area (Å²) in [5.74, 6) is -1.78. The minimum absolute atomic E-state index is 0.196. The number of nitrogens with one attached hydrogen (secondary N) is 1. The molecule has 0 saturated heterocycles. The highest BCUT2D eigenvalue weighted by molar-refractivity contribution is 6.30. The number of hydrogen-bond acceptors (Lipinski definition) is 4. The number of carboxylic acids is 1. The van der Waals surface area contributed by atoms with Crippen molar-refractivity contribution in [2.75, 3.05) is 0 Å². The van der Waals surface area contributed by atoms with Crippen molar-refractivity contribution in [3.63, 3.8) is 0 Å². The molecule has 0 aliphatic carbocycles. The molecule has 0 bridgehead atoms. The quantitative estimate of drug-likeness (QED) is 0.744. The van der Waals surface area contributed by atoms with Gasteiger partial charge in [-0.3, -0.25) is 9.69 Å². The first-order valence-electron chi connectivity index (χ1n) is 9.90. The van der Waals surface area contributed by atoms with Crippen molar-refractivity contribution in [2.24, 2.45) is 0 Å². The number of rotatable bonds is 4. The number of amides is 2. The Kier molecular flexibility index (Phi) is 6.55. The summed E-state index contributed by atoms with van der Waals surface area (Å²) in [5, 5.41) is 12.7. The van der Waals surface area contributed by atoms with Crippen LogP contribution < -0.4 is 5.32 Å². The highest BCUT2D eigenvalue weighted by Crippen LogP contribution is 2.26. The zero-order valence-corrected chi connectivity index (χ0v) is 18.3. The van der Waals surface area contributed by atoms with Gasteiger partial charge in [0.1, 0.15) is 11.6 Å². The van der Waals surface area contributed by atoms with Gasteiger partial charge in [0.2, 0.25) is 5.91 Å². The number of fused-ring (bicyclic) bond motifs is 1. The minimum atomic E-state index is -1.28. The van der Waals surface area contributed by atoms with Gasteiger partial charge in [0.15, 0.2) is 6.04 Å². The zero-order valence-electron chi connectivity index (χ0n) is 17.6. The average molecular weight is 445 g/mol. The van der Waals surface area contributed by atoms with E-state index in [0.29, 0.717) is 10.6 Å². The summed E-state index contributed by atoms with van der Waals surface area (Å²) < 4.78 is 5.50. The Morgan fingerprint density at radius 2 is 1.71 bits per heavy atom. The molecule has 1 heterocycles. The lowest BCUT2D eigenvalue weighted by molar-refractivity contribution is -0.143. The predicted molar refractivity (Wildman–Crippen MR) is 116 cm³/mol. The van der Waals surface area contributed by atoms with Gasteiger partial charge in [-0.15, -0.1) is 0 Å². The van der Waals surface area contributed by atoms with Crippen LogP contribution in [-0.4, -0.2) is 39.6 Å². The molecule has 0 aromatic heterocycles. The molecular formula is C23H25ClN2O5. The first kappa shape index (κ1) is 22.6. The molecule has 0 saturated carbocycles. The highest BCUT2D eigenvalue weighted by atomic mass is 35.5. The molecule has 2 N–H and O–H groups in total. The predicted octanol–water partition coefficient (Wildman–Crippen LogP) is 3.94. The molecule has 2 amide bonds. The van der Waals surface area contributed by atoms with Crippen molar-refractivity contribution in [3.8, 4) is 0 Å². The van der Waals surface area contributed by atoms with Crippen LogP contribution in [0.4, 0.5) is 4.79 Å². The minimum Gasteiger partial charge on any atom is -0.479 e. The van der Waals surface area contributed by atoms with E-state index < -0.39 is 35.7 Å². The third kappa shape index (κ3) is 5.55. The molecule has 0 spiro atoms. The summed E-state index contributed by atoms with van der Waals surface area (Å²) >= 11 is 5.89. The van der Waals surface area contributed by atoms with Crippen molar-refractivity contribution in [2.45, 2.75) is 51.4 Å². The number of nitrogens with zero attached hydrogens (tertiary/aromatic N) is 1. The van der Waals surface area contributed by atoms with Gasteiger partial charge in [-0.05, 0) is 49.6 Å². The smallest absolute Gasteiger partial charge is 0.411 e. The van der Waals surface area contributed by atoms with Crippen molar-refractivity contribution in [3.05, 3.63) is 70.2 Å². The van der Waals surface area contributed by atoms with Gasteiger partial charge in [0, 0.05) is 11.4 Å². The van der Waals surface area contributed by atoms with Crippen molar-refractivity contribution in [1.82, 2.24) is 10.2 Å². The third-order valence-corrected chi connectivity index (χ3v) is 5.17. The van der Waals surface area contributed by atoms with Gasteiger partial charge >= 0.3 is 12.1 Å². The number of carboxylic acid groups (broad SMARTS) is 1. The van der Waals surface area contributed by atoms with E-state index in [1.165, 1.54) is 4.90 Å². The number of ether oxygens (including phenoxy) is 1. The van der Waals surface area contributed by atoms with Crippen molar-refractivity contribution >= 4 is 29.6 Å². The molecule has 1 aliphatic heterocycles. The molecule has 2 atom stereocenters. The van der Waals surface area contributed by atoms with Crippen LogP contribution in [0.15, 0.2) is 48.5 Å². The number of aliphatic carboxylic acids is 1. The Labute approximate surface area is 186 Å². The molecule has 0 radical (unpaired) electrons. The Morgan fingerprint density at radius 1 is 1.10 bits per heavy atom. The summed E-state index contributed by atoms with van der Waals surface area (Å²) in [6, 6.07) is 11.6. The maximum absolute atomic E-state index is 13.2. The lowest BCUT2D eigenvalue weighted by atomic mass is 9.93. The van der Waals surface area contributed by atoms with E-state index in [1.807, 2.05) is 24.3 Å². The molecule has 7 nitrogen and oxygen atoms in total. The molecule has 2 aromatic rings. The fourth-order valence-electron chi connectivity index (χ4n) is 3.45. The molecule has 31 heavy (non-hydrogen) atoms. The van der Waals surface area contributed by atoms with E-state index in [1.54, 1.807) is 45.0 Å². The Morgan fingerprint density at radius 3 is 2.29 bits per heavy atom. The van der Waals surface area contributed by atoms with Crippen molar-refractivity contribution in [1.29, 1.82) is 0 Å². The molecule has 0 fully saturated rings. The third-order valence-electron chi connectivity index (χ3n) is 4.92. The second-order valence-corrected chi connectivity index (χ2v) is 8.86. The topological polar surface area (TPSA) is 95.9 Å². The molecule has 3 rings (SSSR count). The van der Waals surface area contributed by atoms with Gasteiger partial charge in [0.25, 0.3) is 0 Å². The molecule has 8 heteroatoms. The van der Waals surface area contributed by atoms with E-state index >= 15 is 0 Å². The fourth-order valence-corrected chi connectivity index (χ4v) is 3.58. The first-order valence-corrected chi connectivity index (χ1v) is 10.3. The van der Waals surface area contributed by atoms with Gasteiger partial charge in [-0.25, -0.2) is 9.59 Å². The van der Waals surface area contributed by atoms with Gasteiger partial charge in [0.05, 0.1) is 6.54 Å². The fraction of sp³-hybridized carbons (Fsp3) is 0.348. The second kappa shape index (κ2) is 8.98. The van der Waals surface area contributed by atoms with Crippen LogP contribution in [0.1, 0.15) is 43.5 Å². The highest BCUT2D eigenvalue weighted by Gasteiger charge is 2.38. The van der Waals surface area contributed by atoms with Crippen LogP contribution >= 0.6 is 11.6 Å². The van der Waals surface area contributed by atoms with Gasteiger partial charge in [-0.2, -0.15) is 0 Å². The monoisotopic (exact) mass is 444 g/mol. The molecular weight excluding hydrogens is 420 g/mol. The van der Waals surface area contributed by atoms with Crippen LogP contribution in [0.5, 0.6) is 0 Å². The van der Waals surface area contributed by atoms with E-state index in [9.17, 15) is 19.5 Å². The summed E-state index contributed by atoms with van der Waals surface area (Å²) in [4.78, 5) is 39.3. The van der Waals surface area contributed by atoms with E-state index in [-0.39, 0.29) is 13.0 Å². The van der Waals surface area contributed by atoms with Crippen LogP contribution in [0.25, 0.3) is 0 Å². The summed E-state index contributed by atoms with van der Waals surface area (Å²) in [7, 11) is 0. The summed E-state index contributed by atoms with van der Waals surface area (Å²) in [6.45, 7) is 5.44. The SMILES string of the molecule is CC(C)(C)OC(=O)N1Cc2ccccc2CC1C(=O)NC(C(=O)O)c1ccc(Cl)cc1. The van der Waals surface area contributed by atoms with Gasteiger partial charge < -0.3 is 15.2 Å². The van der Waals surface area contributed by atoms with E-state index in [4.69, 9.17) is 16.3 Å². The summed E-state index contributed by atoms with van der Waals surface area (Å²) in [6.07, 6.45) is -0.366. The second-order valence-electron chi connectivity index (χ2n) is 8.43. The Bertz CT molecular complexity index is 984. The maximum Gasteiger partial charge on any atom is 0.411 e.